The second-order valence-corrected chi connectivity index (χ2v) is 7.89. The van der Waals surface area contributed by atoms with Gasteiger partial charge in [-0.1, -0.05) is 58.4 Å². The van der Waals surface area contributed by atoms with Gasteiger partial charge in [0.1, 0.15) is 0 Å². The number of thioether (sulfide) groups is 1. The van der Waals surface area contributed by atoms with Gasteiger partial charge in [-0.05, 0) is 47.4 Å². The van der Waals surface area contributed by atoms with Crippen LogP contribution in [0, 0.1) is 5.92 Å². The number of benzene rings is 2. The summed E-state index contributed by atoms with van der Waals surface area (Å²) in [6.07, 6.45) is 2.53. The quantitative estimate of drug-likeness (QED) is 0.641. The maximum Gasteiger partial charge on any atom is 0.0429 e. The summed E-state index contributed by atoms with van der Waals surface area (Å²) in [6.45, 7) is 0. The average Bonchev–Trinajstić information content (AvgIpc) is 3.03. The maximum atomic E-state index is 3.94. The van der Waals surface area contributed by atoms with Crippen LogP contribution in [0.2, 0.25) is 0 Å². The Morgan fingerprint density at radius 1 is 1.00 bits per heavy atom. The lowest BCUT2D eigenvalue weighted by atomic mass is 9.88. The summed E-state index contributed by atoms with van der Waals surface area (Å²) in [6, 6.07) is 17.9. The third kappa shape index (κ3) is 2.14. The summed E-state index contributed by atoms with van der Waals surface area (Å²) in [4.78, 5) is 2.04. The van der Waals surface area contributed by atoms with Gasteiger partial charge in [-0.25, -0.2) is 0 Å². The van der Waals surface area contributed by atoms with Crippen molar-refractivity contribution in [2.24, 2.45) is 5.92 Å². The minimum Gasteiger partial charge on any atom is -0.125 e. The fourth-order valence-corrected chi connectivity index (χ4v) is 5.74. The summed E-state index contributed by atoms with van der Waals surface area (Å²) >= 11 is 5.97. The second kappa shape index (κ2) is 5.23. The van der Waals surface area contributed by atoms with Gasteiger partial charge in [0.25, 0.3) is 0 Å². The normalized spacial score (nSPS) is 27.4. The van der Waals surface area contributed by atoms with E-state index in [9.17, 15) is 0 Å². The number of alkyl halides is 1. The Morgan fingerprint density at radius 3 is 2.60 bits per heavy atom. The summed E-state index contributed by atoms with van der Waals surface area (Å²) < 4.78 is 0. The molecular formula is C18H17BrS. The van der Waals surface area contributed by atoms with Gasteiger partial charge in [-0.3, -0.25) is 0 Å². The first kappa shape index (κ1) is 13.0. The summed E-state index contributed by atoms with van der Waals surface area (Å²) in [5.41, 5.74) is 4.63. The first-order valence-corrected chi connectivity index (χ1v) is 9.16. The first-order chi connectivity index (χ1) is 9.83. The van der Waals surface area contributed by atoms with E-state index in [2.05, 4.69) is 64.5 Å². The highest BCUT2D eigenvalue weighted by Crippen LogP contribution is 2.49. The molecule has 0 bridgehead atoms. The predicted molar refractivity (Wildman–Crippen MR) is 89.8 cm³/mol. The van der Waals surface area contributed by atoms with E-state index in [1.165, 1.54) is 29.1 Å². The van der Waals surface area contributed by atoms with Crippen LogP contribution in [0.15, 0.2) is 53.4 Å². The standard InChI is InChI=1S/C18H17BrS/c19-18-13(9-12-5-1-2-7-16(12)18)10-14-11-20-17-8-4-3-6-15(14)17/h1-8,13-14,18H,9-11H2. The molecule has 0 N–H and O–H groups in total. The third-order valence-corrected chi connectivity index (χ3v) is 7.13. The average molecular weight is 345 g/mol. The minimum atomic E-state index is 0.538. The van der Waals surface area contributed by atoms with Crippen molar-refractivity contribution >= 4 is 27.7 Å². The molecule has 0 fully saturated rings. The van der Waals surface area contributed by atoms with Gasteiger partial charge < -0.3 is 0 Å². The van der Waals surface area contributed by atoms with Gasteiger partial charge in [-0.15, -0.1) is 11.8 Å². The second-order valence-electron chi connectivity index (χ2n) is 5.85. The topological polar surface area (TPSA) is 0 Å². The Balaban J connectivity index is 1.55. The van der Waals surface area contributed by atoms with Crippen molar-refractivity contribution in [3.8, 4) is 0 Å². The molecule has 1 heterocycles. The van der Waals surface area contributed by atoms with Gasteiger partial charge in [0.15, 0.2) is 0 Å². The molecule has 3 atom stereocenters. The predicted octanol–water partition coefficient (Wildman–Crippen LogP) is 5.57. The molecule has 4 rings (SSSR count). The molecule has 0 spiro atoms. The van der Waals surface area contributed by atoms with E-state index >= 15 is 0 Å². The Kier molecular flexibility index (Phi) is 3.39. The zero-order valence-electron chi connectivity index (χ0n) is 11.3. The first-order valence-electron chi connectivity index (χ1n) is 7.26. The molecule has 0 nitrogen and oxygen atoms in total. The number of halogens is 1. The molecule has 102 valence electrons. The zero-order chi connectivity index (χ0) is 13.5. The fourth-order valence-electron chi connectivity index (χ4n) is 3.62. The van der Waals surface area contributed by atoms with E-state index in [-0.39, 0.29) is 0 Å². The number of fused-ring (bicyclic) bond motifs is 2. The zero-order valence-corrected chi connectivity index (χ0v) is 13.7. The van der Waals surface area contributed by atoms with Crippen molar-refractivity contribution in [1.82, 2.24) is 0 Å². The number of hydrogen-bond donors (Lipinski definition) is 0. The van der Waals surface area contributed by atoms with E-state index in [1.54, 1.807) is 11.1 Å². The Hall–Kier alpha value is -0.730. The largest absolute Gasteiger partial charge is 0.125 e. The Morgan fingerprint density at radius 2 is 1.75 bits per heavy atom. The van der Waals surface area contributed by atoms with Crippen LogP contribution in [-0.2, 0) is 6.42 Å². The lowest BCUT2D eigenvalue weighted by Crippen LogP contribution is -2.09. The molecule has 3 unspecified atom stereocenters. The van der Waals surface area contributed by atoms with Crippen LogP contribution >= 0.6 is 27.7 Å². The van der Waals surface area contributed by atoms with E-state index in [0.29, 0.717) is 4.83 Å². The molecular weight excluding hydrogens is 328 g/mol. The summed E-state index contributed by atoms with van der Waals surface area (Å²) in [5, 5.41) is 0. The molecule has 1 aliphatic heterocycles. The van der Waals surface area contributed by atoms with E-state index in [1.807, 2.05) is 11.8 Å². The van der Waals surface area contributed by atoms with Crippen LogP contribution in [0.5, 0.6) is 0 Å². The molecule has 1 aliphatic carbocycles. The van der Waals surface area contributed by atoms with Crippen molar-refractivity contribution in [3.63, 3.8) is 0 Å². The molecule has 0 radical (unpaired) electrons. The third-order valence-electron chi connectivity index (χ3n) is 4.63. The summed E-state index contributed by atoms with van der Waals surface area (Å²) in [5.74, 6) is 2.73. The van der Waals surface area contributed by atoms with Crippen LogP contribution in [0.4, 0.5) is 0 Å². The minimum absolute atomic E-state index is 0.538. The van der Waals surface area contributed by atoms with Crippen molar-refractivity contribution in [2.45, 2.75) is 28.5 Å². The van der Waals surface area contributed by atoms with Crippen LogP contribution in [-0.4, -0.2) is 5.75 Å². The van der Waals surface area contributed by atoms with E-state index in [4.69, 9.17) is 0 Å². The van der Waals surface area contributed by atoms with Crippen molar-refractivity contribution in [3.05, 3.63) is 65.2 Å². The SMILES string of the molecule is BrC1c2ccccc2CC1CC1CSc2ccccc21. The lowest BCUT2D eigenvalue weighted by Gasteiger charge is -2.19. The summed E-state index contributed by atoms with van der Waals surface area (Å²) in [7, 11) is 0. The molecule has 2 aliphatic rings. The van der Waals surface area contributed by atoms with Crippen LogP contribution < -0.4 is 0 Å². The number of hydrogen-bond acceptors (Lipinski definition) is 1. The van der Waals surface area contributed by atoms with Crippen LogP contribution in [0.25, 0.3) is 0 Å². The molecule has 0 saturated heterocycles. The molecule has 0 amide bonds. The highest BCUT2D eigenvalue weighted by molar-refractivity contribution is 9.09. The van der Waals surface area contributed by atoms with Gasteiger partial charge in [0.05, 0.1) is 0 Å². The van der Waals surface area contributed by atoms with Crippen molar-refractivity contribution in [2.75, 3.05) is 5.75 Å². The molecule has 2 aromatic carbocycles. The molecule has 20 heavy (non-hydrogen) atoms. The van der Waals surface area contributed by atoms with Gasteiger partial charge in [-0.2, -0.15) is 0 Å². The maximum absolute atomic E-state index is 3.94. The molecule has 0 saturated carbocycles. The Labute approximate surface area is 133 Å². The van der Waals surface area contributed by atoms with E-state index < -0.39 is 0 Å². The molecule has 2 aromatic rings. The highest BCUT2D eigenvalue weighted by Gasteiger charge is 2.34. The molecule has 2 heteroatoms. The van der Waals surface area contributed by atoms with Gasteiger partial charge >= 0.3 is 0 Å². The molecule has 0 aromatic heterocycles. The Bertz CT molecular complexity index is 637. The lowest BCUT2D eigenvalue weighted by molar-refractivity contribution is 0.470. The van der Waals surface area contributed by atoms with Crippen LogP contribution in [0.1, 0.15) is 33.9 Å². The monoisotopic (exact) mass is 344 g/mol. The van der Waals surface area contributed by atoms with Crippen molar-refractivity contribution in [1.29, 1.82) is 0 Å². The van der Waals surface area contributed by atoms with E-state index in [0.717, 1.165) is 11.8 Å². The van der Waals surface area contributed by atoms with Crippen LogP contribution in [0.3, 0.4) is 0 Å². The van der Waals surface area contributed by atoms with Crippen molar-refractivity contribution < 1.29 is 0 Å². The van der Waals surface area contributed by atoms with Gasteiger partial charge in [0.2, 0.25) is 0 Å². The smallest absolute Gasteiger partial charge is 0.0429 e. The highest BCUT2D eigenvalue weighted by atomic mass is 79.9. The number of rotatable bonds is 2. The van der Waals surface area contributed by atoms with Gasteiger partial charge in [0, 0.05) is 15.5 Å². The fraction of sp³-hybridized carbons (Fsp3) is 0.333.